The Balaban J connectivity index is 1.98. The Morgan fingerprint density at radius 2 is 2.25 bits per heavy atom. The van der Waals surface area contributed by atoms with E-state index < -0.39 is 0 Å². The molecule has 6 nitrogen and oxygen atoms in total. The van der Waals surface area contributed by atoms with Gasteiger partial charge in [0.05, 0.1) is 18.3 Å². The zero-order chi connectivity index (χ0) is 17.1. The monoisotopic (exact) mass is 363 g/mol. The number of aliphatic hydroxyl groups is 1. The van der Waals surface area contributed by atoms with Crippen LogP contribution in [0.5, 0.6) is 0 Å². The molecule has 0 saturated carbocycles. The number of carbonyl (C=O) groups is 1. The Morgan fingerprint density at radius 1 is 1.42 bits per heavy atom. The lowest BCUT2D eigenvalue weighted by Crippen LogP contribution is -2.38. The fourth-order valence-electron chi connectivity index (χ4n) is 2.52. The molecule has 0 fully saturated rings. The first-order chi connectivity index (χ1) is 11.7. The van der Waals surface area contributed by atoms with Gasteiger partial charge in [-0.1, -0.05) is 6.07 Å². The van der Waals surface area contributed by atoms with Gasteiger partial charge in [0, 0.05) is 28.9 Å². The minimum absolute atomic E-state index is 0.0741. The SMILES string of the molecule is CCN(CCO)C(=O)Cn1cnc2scc(-c3cccs3)c2c1=O. The van der Waals surface area contributed by atoms with Crippen LogP contribution in [0.2, 0.25) is 0 Å². The fraction of sp³-hybridized carbons (Fsp3) is 0.312. The van der Waals surface area contributed by atoms with Crippen LogP contribution in [0.25, 0.3) is 20.7 Å². The Morgan fingerprint density at radius 3 is 2.92 bits per heavy atom. The van der Waals surface area contributed by atoms with Crippen LogP contribution in [0.1, 0.15) is 6.92 Å². The van der Waals surface area contributed by atoms with E-state index in [4.69, 9.17) is 5.11 Å². The van der Waals surface area contributed by atoms with Gasteiger partial charge in [-0.2, -0.15) is 0 Å². The zero-order valence-corrected chi connectivity index (χ0v) is 14.8. The highest BCUT2D eigenvalue weighted by Crippen LogP contribution is 2.33. The van der Waals surface area contributed by atoms with Crippen molar-refractivity contribution in [1.29, 1.82) is 0 Å². The Hall–Kier alpha value is -2.03. The molecule has 0 spiro atoms. The number of thiophene rings is 2. The predicted molar refractivity (Wildman–Crippen MR) is 96.5 cm³/mol. The van der Waals surface area contributed by atoms with E-state index >= 15 is 0 Å². The molecule has 24 heavy (non-hydrogen) atoms. The van der Waals surface area contributed by atoms with Gasteiger partial charge in [0.2, 0.25) is 5.91 Å². The number of nitrogens with zero attached hydrogens (tertiary/aromatic N) is 3. The van der Waals surface area contributed by atoms with Crippen molar-refractivity contribution >= 4 is 38.8 Å². The van der Waals surface area contributed by atoms with E-state index in [0.717, 1.165) is 10.4 Å². The van der Waals surface area contributed by atoms with Crippen LogP contribution < -0.4 is 5.56 Å². The van der Waals surface area contributed by atoms with E-state index in [0.29, 0.717) is 16.8 Å². The van der Waals surface area contributed by atoms with Crippen molar-refractivity contribution in [3.63, 3.8) is 0 Å². The molecule has 0 bridgehead atoms. The first-order valence-electron chi connectivity index (χ1n) is 7.54. The number of rotatable bonds is 6. The Kier molecular flexibility index (Phi) is 5.08. The summed E-state index contributed by atoms with van der Waals surface area (Å²) in [4.78, 5) is 32.7. The average molecular weight is 363 g/mol. The first-order valence-corrected chi connectivity index (χ1v) is 9.30. The minimum atomic E-state index is -0.210. The summed E-state index contributed by atoms with van der Waals surface area (Å²) in [5.74, 6) is -0.206. The molecule has 0 aliphatic heterocycles. The lowest BCUT2D eigenvalue weighted by molar-refractivity contribution is -0.132. The van der Waals surface area contributed by atoms with Crippen LogP contribution in [0.4, 0.5) is 0 Å². The third-order valence-corrected chi connectivity index (χ3v) is 5.55. The van der Waals surface area contributed by atoms with Gasteiger partial charge in [0.1, 0.15) is 11.4 Å². The van der Waals surface area contributed by atoms with Gasteiger partial charge in [0.25, 0.3) is 5.56 Å². The second-order valence-electron chi connectivity index (χ2n) is 5.18. The summed E-state index contributed by atoms with van der Waals surface area (Å²) in [5, 5.41) is 13.5. The average Bonchev–Trinajstić information content (AvgIpc) is 3.23. The highest BCUT2D eigenvalue weighted by Gasteiger charge is 2.17. The van der Waals surface area contributed by atoms with E-state index in [-0.39, 0.29) is 31.2 Å². The second kappa shape index (κ2) is 7.25. The lowest BCUT2D eigenvalue weighted by atomic mass is 10.2. The number of aliphatic hydroxyl groups excluding tert-OH is 1. The molecule has 126 valence electrons. The Bertz CT molecular complexity index is 899. The number of carbonyl (C=O) groups excluding carboxylic acids is 1. The van der Waals surface area contributed by atoms with Crippen molar-refractivity contribution in [2.75, 3.05) is 19.7 Å². The topological polar surface area (TPSA) is 75.4 Å². The summed E-state index contributed by atoms with van der Waals surface area (Å²) in [6.45, 7) is 2.42. The van der Waals surface area contributed by atoms with E-state index in [1.54, 1.807) is 11.3 Å². The first kappa shape index (κ1) is 16.8. The van der Waals surface area contributed by atoms with Crippen molar-refractivity contribution in [1.82, 2.24) is 14.5 Å². The number of likely N-dealkylation sites (N-methyl/N-ethyl adjacent to an activating group) is 1. The molecule has 3 heterocycles. The van der Waals surface area contributed by atoms with E-state index in [1.807, 2.05) is 29.8 Å². The van der Waals surface area contributed by atoms with Crippen LogP contribution in [-0.2, 0) is 11.3 Å². The van der Waals surface area contributed by atoms with Crippen molar-refractivity contribution in [3.05, 3.63) is 39.6 Å². The smallest absolute Gasteiger partial charge is 0.263 e. The summed E-state index contributed by atoms with van der Waals surface area (Å²) in [7, 11) is 0. The molecular formula is C16H17N3O3S2. The molecule has 0 unspecified atom stereocenters. The van der Waals surface area contributed by atoms with Gasteiger partial charge >= 0.3 is 0 Å². The van der Waals surface area contributed by atoms with Crippen LogP contribution >= 0.6 is 22.7 Å². The summed E-state index contributed by atoms with van der Waals surface area (Å²) in [5.41, 5.74) is 0.657. The number of fused-ring (bicyclic) bond motifs is 1. The van der Waals surface area contributed by atoms with E-state index in [1.165, 1.54) is 27.1 Å². The number of hydrogen-bond acceptors (Lipinski definition) is 6. The quantitative estimate of drug-likeness (QED) is 0.727. The van der Waals surface area contributed by atoms with Crippen molar-refractivity contribution in [2.45, 2.75) is 13.5 Å². The fourth-order valence-corrected chi connectivity index (χ4v) is 4.24. The summed E-state index contributed by atoms with van der Waals surface area (Å²) < 4.78 is 1.34. The van der Waals surface area contributed by atoms with Gasteiger partial charge in [-0.3, -0.25) is 14.2 Å². The van der Waals surface area contributed by atoms with E-state index in [9.17, 15) is 9.59 Å². The molecule has 1 N–H and O–H groups in total. The molecule has 8 heteroatoms. The van der Waals surface area contributed by atoms with Gasteiger partial charge in [-0.15, -0.1) is 22.7 Å². The van der Waals surface area contributed by atoms with Crippen LogP contribution in [-0.4, -0.2) is 45.2 Å². The second-order valence-corrected chi connectivity index (χ2v) is 6.99. The predicted octanol–water partition coefficient (Wildman–Crippen LogP) is 2.03. The van der Waals surface area contributed by atoms with Crippen LogP contribution in [0, 0.1) is 0 Å². The third kappa shape index (κ3) is 3.12. The van der Waals surface area contributed by atoms with E-state index in [2.05, 4.69) is 4.98 Å². The maximum absolute atomic E-state index is 12.8. The Labute approximate surface area is 146 Å². The summed E-state index contributed by atoms with van der Waals surface area (Å²) in [6.07, 6.45) is 1.42. The van der Waals surface area contributed by atoms with Crippen molar-refractivity contribution < 1.29 is 9.90 Å². The summed E-state index contributed by atoms with van der Waals surface area (Å²) in [6, 6.07) is 3.91. The molecule has 0 aliphatic carbocycles. The van der Waals surface area contributed by atoms with Gasteiger partial charge in [-0.05, 0) is 18.4 Å². The maximum atomic E-state index is 12.8. The van der Waals surface area contributed by atoms with Crippen LogP contribution in [0.3, 0.4) is 0 Å². The molecule has 0 radical (unpaired) electrons. The molecular weight excluding hydrogens is 346 g/mol. The molecule has 0 aliphatic rings. The zero-order valence-electron chi connectivity index (χ0n) is 13.1. The van der Waals surface area contributed by atoms with Crippen molar-refractivity contribution in [3.8, 4) is 10.4 Å². The number of hydrogen-bond donors (Lipinski definition) is 1. The number of aromatic nitrogens is 2. The van der Waals surface area contributed by atoms with Gasteiger partial charge in [-0.25, -0.2) is 4.98 Å². The third-order valence-electron chi connectivity index (χ3n) is 3.76. The lowest BCUT2D eigenvalue weighted by Gasteiger charge is -2.19. The molecule has 0 aromatic carbocycles. The number of amides is 1. The standard InChI is InChI=1S/C16H17N3O3S2/c1-2-18(5-6-20)13(21)8-19-10-17-15-14(16(19)22)11(9-24-15)12-4-3-7-23-12/h3-4,7,9-10,20H,2,5-6,8H2,1H3. The van der Waals surface area contributed by atoms with Gasteiger partial charge < -0.3 is 10.0 Å². The molecule has 3 aromatic rings. The molecule has 0 saturated heterocycles. The van der Waals surface area contributed by atoms with Gasteiger partial charge in [0.15, 0.2) is 0 Å². The highest BCUT2D eigenvalue weighted by molar-refractivity contribution is 7.18. The van der Waals surface area contributed by atoms with Crippen LogP contribution in [0.15, 0.2) is 34.0 Å². The molecule has 3 rings (SSSR count). The molecule has 0 atom stereocenters. The minimum Gasteiger partial charge on any atom is -0.395 e. The highest BCUT2D eigenvalue weighted by atomic mass is 32.1. The van der Waals surface area contributed by atoms with Crippen molar-refractivity contribution in [2.24, 2.45) is 0 Å². The summed E-state index contributed by atoms with van der Waals surface area (Å²) >= 11 is 2.99. The molecule has 1 amide bonds. The maximum Gasteiger partial charge on any atom is 0.263 e. The molecule has 3 aromatic heterocycles. The normalized spacial score (nSPS) is 11.1. The largest absolute Gasteiger partial charge is 0.395 e.